The fourth-order valence-electron chi connectivity index (χ4n) is 1.53. The van der Waals surface area contributed by atoms with Gasteiger partial charge in [0.05, 0.1) is 11.1 Å². The Balaban J connectivity index is 2.50. The molecule has 1 atom stereocenters. The van der Waals surface area contributed by atoms with Crippen molar-refractivity contribution in [1.82, 2.24) is 9.97 Å². The molecule has 1 aromatic heterocycles. The van der Waals surface area contributed by atoms with Crippen LogP contribution in [0.5, 0.6) is 0 Å². The van der Waals surface area contributed by atoms with Crippen molar-refractivity contribution in [3.8, 4) is 11.3 Å². The van der Waals surface area contributed by atoms with Crippen LogP contribution in [0.25, 0.3) is 11.3 Å². The zero-order valence-electron chi connectivity index (χ0n) is 9.31. The molecule has 0 aliphatic rings. The number of alkyl halides is 1. The quantitative estimate of drug-likeness (QED) is 0.737. The van der Waals surface area contributed by atoms with Crippen LogP contribution in [0.3, 0.4) is 0 Å². The van der Waals surface area contributed by atoms with E-state index in [2.05, 4.69) is 9.97 Å². The molecular formula is C13H13ClN2. The third-order valence-corrected chi connectivity index (χ3v) is 2.49. The predicted octanol–water partition coefficient (Wildman–Crippen LogP) is 3.75. The lowest BCUT2D eigenvalue weighted by Crippen LogP contribution is -1.99. The number of aromatic nitrogens is 2. The molecule has 0 amide bonds. The smallest absolute Gasteiger partial charge is 0.146 e. The SMILES string of the molecule is Cc1cc(-c2ccccc2)nc(C(C)Cl)n1. The lowest BCUT2D eigenvalue weighted by atomic mass is 10.1. The molecule has 0 fully saturated rings. The van der Waals surface area contributed by atoms with Crippen LogP contribution in [0.15, 0.2) is 36.4 Å². The number of hydrogen-bond acceptors (Lipinski definition) is 2. The molecular weight excluding hydrogens is 220 g/mol. The second-order valence-electron chi connectivity index (χ2n) is 3.73. The standard InChI is InChI=1S/C13H13ClN2/c1-9-8-12(11-6-4-3-5-7-11)16-13(15-9)10(2)14/h3-8,10H,1-2H3. The maximum Gasteiger partial charge on any atom is 0.146 e. The Morgan fingerprint density at radius 3 is 2.44 bits per heavy atom. The largest absolute Gasteiger partial charge is 0.237 e. The maximum atomic E-state index is 6.01. The number of benzene rings is 1. The monoisotopic (exact) mass is 232 g/mol. The first kappa shape index (κ1) is 11.1. The highest BCUT2D eigenvalue weighted by molar-refractivity contribution is 6.20. The Morgan fingerprint density at radius 2 is 1.81 bits per heavy atom. The lowest BCUT2D eigenvalue weighted by Gasteiger charge is -2.07. The Labute approximate surface area is 100 Å². The lowest BCUT2D eigenvalue weighted by molar-refractivity contribution is 0.895. The van der Waals surface area contributed by atoms with Gasteiger partial charge in [-0.3, -0.25) is 0 Å². The topological polar surface area (TPSA) is 25.8 Å². The molecule has 0 saturated carbocycles. The average molecular weight is 233 g/mol. The van der Waals surface area contributed by atoms with E-state index in [0.717, 1.165) is 17.0 Å². The molecule has 0 aliphatic carbocycles. The fraction of sp³-hybridized carbons (Fsp3) is 0.231. The molecule has 1 aromatic carbocycles. The summed E-state index contributed by atoms with van der Waals surface area (Å²) in [5, 5.41) is -0.164. The highest BCUT2D eigenvalue weighted by atomic mass is 35.5. The minimum atomic E-state index is -0.164. The van der Waals surface area contributed by atoms with Crippen LogP contribution in [0.2, 0.25) is 0 Å². The van der Waals surface area contributed by atoms with Crippen molar-refractivity contribution in [3.05, 3.63) is 47.9 Å². The van der Waals surface area contributed by atoms with E-state index >= 15 is 0 Å². The summed E-state index contributed by atoms with van der Waals surface area (Å²) in [6.45, 7) is 3.84. The van der Waals surface area contributed by atoms with Crippen molar-refractivity contribution >= 4 is 11.6 Å². The van der Waals surface area contributed by atoms with E-state index in [4.69, 9.17) is 11.6 Å². The molecule has 0 saturated heterocycles. The first-order valence-corrected chi connectivity index (χ1v) is 5.65. The summed E-state index contributed by atoms with van der Waals surface area (Å²) in [4.78, 5) is 8.78. The summed E-state index contributed by atoms with van der Waals surface area (Å²) in [5.41, 5.74) is 2.96. The number of halogens is 1. The number of rotatable bonds is 2. The molecule has 82 valence electrons. The highest BCUT2D eigenvalue weighted by Crippen LogP contribution is 2.21. The maximum absolute atomic E-state index is 6.01. The van der Waals surface area contributed by atoms with Crippen molar-refractivity contribution in [3.63, 3.8) is 0 Å². The zero-order chi connectivity index (χ0) is 11.5. The highest BCUT2D eigenvalue weighted by Gasteiger charge is 2.08. The zero-order valence-corrected chi connectivity index (χ0v) is 10.1. The van der Waals surface area contributed by atoms with Gasteiger partial charge in [-0.15, -0.1) is 11.6 Å². The molecule has 0 N–H and O–H groups in total. The van der Waals surface area contributed by atoms with Crippen molar-refractivity contribution in [2.45, 2.75) is 19.2 Å². The van der Waals surface area contributed by atoms with E-state index in [0.29, 0.717) is 5.82 Å². The van der Waals surface area contributed by atoms with E-state index in [1.165, 1.54) is 0 Å². The predicted molar refractivity (Wildman–Crippen MR) is 66.5 cm³/mol. The molecule has 0 aliphatic heterocycles. The van der Waals surface area contributed by atoms with Crippen LogP contribution < -0.4 is 0 Å². The van der Waals surface area contributed by atoms with Gasteiger partial charge in [0.25, 0.3) is 0 Å². The molecule has 1 heterocycles. The molecule has 1 unspecified atom stereocenters. The van der Waals surface area contributed by atoms with Gasteiger partial charge < -0.3 is 0 Å². The molecule has 2 aromatic rings. The number of aryl methyl sites for hydroxylation is 1. The Bertz CT molecular complexity index is 481. The molecule has 2 nitrogen and oxygen atoms in total. The van der Waals surface area contributed by atoms with Crippen LogP contribution in [0, 0.1) is 6.92 Å². The summed E-state index contributed by atoms with van der Waals surface area (Å²) in [7, 11) is 0. The van der Waals surface area contributed by atoms with E-state index < -0.39 is 0 Å². The van der Waals surface area contributed by atoms with Crippen molar-refractivity contribution < 1.29 is 0 Å². The normalized spacial score (nSPS) is 12.4. The summed E-state index contributed by atoms with van der Waals surface area (Å²) < 4.78 is 0. The van der Waals surface area contributed by atoms with Crippen LogP contribution in [-0.2, 0) is 0 Å². The second kappa shape index (κ2) is 4.62. The Hall–Kier alpha value is -1.41. The van der Waals surface area contributed by atoms with Crippen molar-refractivity contribution in [2.75, 3.05) is 0 Å². The molecule has 0 bridgehead atoms. The van der Waals surface area contributed by atoms with Crippen molar-refractivity contribution in [1.29, 1.82) is 0 Å². The first-order chi connectivity index (χ1) is 7.66. The van der Waals surface area contributed by atoms with Gasteiger partial charge in [-0.2, -0.15) is 0 Å². The number of hydrogen-bond donors (Lipinski definition) is 0. The summed E-state index contributed by atoms with van der Waals surface area (Å²) in [6, 6.07) is 12.0. The van der Waals surface area contributed by atoms with Crippen LogP contribution >= 0.6 is 11.6 Å². The van der Waals surface area contributed by atoms with E-state index in [-0.39, 0.29) is 5.38 Å². The van der Waals surface area contributed by atoms with E-state index in [1.807, 2.05) is 50.2 Å². The van der Waals surface area contributed by atoms with Gasteiger partial charge in [0.1, 0.15) is 5.82 Å². The van der Waals surface area contributed by atoms with Gasteiger partial charge in [-0.05, 0) is 19.9 Å². The van der Waals surface area contributed by atoms with Gasteiger partial charge in [-0.25, -0.2) is 9.97 Å². The average Bonchev–Trinajstić information content (AvgIpc) is 2.29. The fourth-order valence-corrected chi connectivity index (χ4v) is 1.62. The van der Waals surface area contributed by atoms with Crippen LogP contribution in [0.1, 0.15) is 23.8 Å². The molecule has 2 rings (SSSR count). The molecule has 3 heteroatoms. The summed E-state index contributed by atoms with van der Waals surface area (Å²) in [6.07, 6.45) is 0. The molecule has 16 heavy (non-hydrogen) atoms. The second-order valence-corrected chi connectivity index (χ2v) is 4.39. The number of nitrogens with zero attached hydrogens (tertiary/aromatic N) is 2. The Morgan fingerprint density at radius 1 is 1.12 bits per heavy atom. The minimum absolute atomic E-state index is 0.164. The van der Waals surface area contributed by atoms with Crippen LogP contribution in [0.4, 0.5) is 0 Å². The third kappa shape index (κ3) is 2.39. The molecule has 0 spiro atoms. The van der Waals surface area contributed by atoms with Gasteiger partial charge >= 0.3 is 0 Å². The van der Waals surface area contributed by atoms with Gasteiger partial charge in [0.2, 0.25) is 0 Å². The van der Waals surface area contributed by atoms with E-state index in [1.54, 1.807) is 0 Å². The first-order valence-electron chi connectivity index (χ1n) is 5.22. The summed E-state index contributed by atoms with van der Waals surface area (Å²) >= 11 is 6.01. The van der Waals surface area contributed by atoms with E-state index in [9.17, 15) is 0 Å². The molecule has 0 radical (unpaired) electrons. The van der Waals surface area contributed by atoms with Gasteiger partial charge in [0, 0.05) is 11.3 Å². The summed E-state index contributed by atoms with van der Waals surface area (Å²) in [5.74, 6) is 0.681. The van der Waals surface area contributed by atoms with Crippen LogP contribution in [-0.4, -0.2) is 9.97 Å². The van der Waals surface area contributed by atoms with Gasteiger partial charge in [-0.1, -0.05) is 30.3 Å². The van der Waals surface area contributed by atoms with Gasteiger partial charge in [0.15, 0.2) is 0 Å². The minimum Gasteiger partial charge on any atom is -0.237 e. The van der Waals surface area contributed by atoms with Crippen molar-refractivity contribution in [2.24, 2.45) is 0 Å². The Kier molecular flexibility index (Phi) is 3.20. The third-order valence-electron chi connectivity index (χ3n) is 2.30.